The third-order valence-corrected chi connectivity index (χ3v) is 4.98. The average Bonchev–Trinajstić information content (AvgIpc) is 2.77. The zero-order chi connectivity index (χ0) is 22.2. The number of nitrogens with two attached hydrogens (primary N) is 1. The molecule has 0 bridgehead atoms. The molecular weight excluding hydrogens is 396 g/mol. The highest BCUT2D eigenvalue weighted by Gasteiger charge is 2.18. The maximum Gasteiger partial charge on any atom is 0.252 e. The van der Waals surface area contributed by atoms with Gasteiger partial charge in [-0.15, -0.1) is 0 Å². The zero-order valence-electron chi connectivity index (χ0n) is 17.1. The summed E-state index contributed by atoms with van der Waals surface area (Å²) in [6.07, 6.45) is 6.54. The number of allylic oxidation sites excluding steroid dienone is 4. The Morgan fingerprint density at radius 1 is 1.19 bits per heavy atom. The Labute approximate surface area is 180 Å². The molecule has 2 aromatic carbocycles. The minimum Gasteiger partial charge on any atom is -0.398 e. The molecule has 6 heteroatoms. The Kier molecular flexibility index (Phi) is 7.49. The summed E-state index contributed by atoms with van der Waals surface area (Å²) in [4.78, 5) is 12.7. The molecule has 0 fully saturated rings. The molecule has 4 N–H and O–H groups in total. The van der Waals surface area contributed by atoms with Gasteiger partial charge in [-0.25, -0.2) is 8.78 Å². The van der Waals surface area contributed by atoms with Crippen LogP contribution in [-0.2, 0) is 6.42 Å². The van der Waals surface area contributed by atoms with Gasteiger partial charge >= 0.3 is 0 Å². The molecule has 0 aliphatic heterocycles. The lowest BCUT2D eigenvalue weighted by Gasteiger charge is -2.13. The molecule has 3 rings (SSSR count). The summed E-state index contributed by atoms with van der Waals surface area (Å²) in [6.45, 7) is 0.428. The molecule has 1 aliphatic rings. The van der Waals surface area contributed by atoms with Gasteiger partial charge in [0.2, 0.25) is 0 Å². The molecule has 0 heterocycles. The number of nitrogens with one attached hydrogen (secondary N) is 2. The standard InChI is InChI=1S/C25H25F2N3O/c26-19-13-11-18(12-14-19)22(28)16-23(29)24-20(9-4-10-21(24)27)25(31)30-15-5-8-17-6-2-1-3-7-17/h1-4,6-7,9-13,16,19,29H,5,8,14-15,28H2,(H,30,31)/b22-16-,29-23?. The van der Waals surface area contributed by atoms with Gasteiger partial charge in [-0.05, 0) is 48.3 Å². The van der Waals surface area contributed by atoms with E-state index in [1.807, 2.05) is 30.3 Å². The molecule has 0 saturated carbocycles. The smallest absolute Gasteiger partial charge is 0.252 e. The van der Waals surface area contributed by atoms with Crippen LogP contribution in [0.2, 0.25) is 0 Å². The Morgan fingerprint density at radius 2 is 1.97 bits per heavy atom. The van der Waals surface area contributed by atoms with E-state index in [1.165, 1.54) is 42.0 Å². The number of carbonyl (C=O) groups excluding carboxylic acids is 1. The van der Waals surface area contributed by atoms with Gasteiger partial charge in [-0.1, -0.05) is 48.6 Å². The average molecular weight is 421 g/mol. The summed E-state index contributed by atoms with van der Waals surface area (Å²) in [6, 6.07) is 14.0. The van der Waals surface area contributed by atoms with Crippen LogP contribution in [0.4, 0.5) is 8.78 Å². The van der Waals surface area contributed by atoms with Crippen LogP contribution in [0.15, 0.2) is 84.1 Å². The number of amides is 1. The van der Waals surface area contributed by atoms with E-state index in [4.69, 9.17) is 11.1 Å². The van der Waals surface area contributed by atoms with Crippen LogP contribution in [0, 0.1) is 11.2 Å². The molecule has 1 atom stereocenters. The van der Waals surface area contributed by atoms with E-state index < -0.39 is 17.9 Å². The fourth-order valence-corrected chi connectivity index (χ4v) is 3.34. The van der Waals surface area contributed by atoms with Crippen molar-refractivity contribution in [3.05, 3.63) is 107 Å². The van der Waals surface area contributed by atoms with E-state index in [0.29, 0.717) is 12.1 Å². The van der Waals surface area contributed by atoms with Crippen molar-refractivity contribution in [1.29, 1.82) is 5.41 Å². The lowest BCUT2D eigenvalue weighted by atomic mass is 9.98. The van der Waals surface area contributed by atoms with Crippen LogP contribution in [0.5, 0.6) is 0 Å². The van der Waals surface area contributed by atoms with Crippen molar-refractivity contribution in [3.8, 4) is 0 Å². The van der Waals surface area contributed by atoms with Gasteiger partial charge in [0.15, 0.2) is 0 Å². The van der Waals surface area contributed by atoms with Crippen molar-refractivity contribution in [2.75, 3.05) is 6.54 Å². The quantitative estimate of drug-likeness (QED) is 0.429. The summed E-state index contributed by atoms with van der Waals surface area (Å²) in [5, 5.41) is 11.1. The molecule has 160 valence electrons. The van der Waals surface area contributed by atoms with Gasteiger partial charge in [0.05, 0.1) is 11.3 Å². The predicted molar refractivity (Wildman–Crippen MR) is 119 cm³/mol. The highest BCUT2D eigenvalue weighted by atomic mass is 19.1. The van der Waals surface area contributed by atoms with Crippen LogP contribution in [-0.4, -0.2) is 24.3 Å². The third kappa shape index (κ3) is 5.98. The van der Waals surface area contributed by atoms with Gasteiger partial charge in [0.25, 0.3) is 5.91 Å². The number of hydrogen-bond donors (Lipinski definition) is 3. The molecule has 0 aromatic heterocycles. The number of halogens is 2. The molecule has 0 saturated heterocycles. The van der Waals surface area contributed by atoms with Crippen LogP contribution >= 0.6 is 0 Å². The van der Waals surface area contributed by atoms with Gasteiger partial charge in [-0.2, -0.15) is 0 Å². The highest BCUT2D eigenvalue weighted by molar-refractivity contribution is 6.14. The molecule has 1 unspecified atom stereocenters. The van der Waals surface area contributed by atoms with Gasteiger partial charge in [0, 0.05) is 24.2 Å². The van der Waals surface area contributed by atoms with Crippen molar-refractivity contribution in [3.63, 3.8) is 0 Å². The Bertz CT molecular complexity index is 1040. The Morgan fingerprint density at radius 3 is 2.68 bits per heavy atom. The number of hydrogen-bond acceptors (Lipinski definition) is 3. The van der Waals surface area contributed by atoms with E-state index in [1.54, 1.807) is 6.08 Å². The number of alkyl halides is 1. The fraction of sp³-hybridized carbons (Fsp3) is 0.200. The van der Waals surface area contributed by atoms with E-state index >= 15 is 0 Å². The molecule has 0 spiro atoms. The second-order valence-corrected chi connectivity index (χ2v) is 7.29. The normalized spacial score (nSPS) is 16.0. The van der Waals surface area contributed by atoms with Gasteiger partial charge < -0.3 is 16.5 Å². The molecular formula is C25H25F2N3O. The van der Waals surface area contributed by atoms with Crippen molar-refractivity contribution >= 4 is 11.6 Å². The maximum atomic E-state index is 14.5. The second kappa shape index (κ2) is 10.5. The number of carbonyl (C=O) groups is 1. The maximum absolute atomic E-state index is 14.5. The monoisotopic (exact) mass is 421 g/mol. The Hall–Kier alpha value is -3.54. The lowest BCUT2D eigenvalue weighted by Crippen LogP contribution is -2.27. The predicted octanol–water partition coefficient (Wildman–Crippen LogP) is 4.62. The lowest BCUT2D eigenvalue weighted by molar-refractivity contribution is 0.0952. The van der Waals surface area contributed by atoms with Crippen molar-refractivity contribution < 1.29 is 13.6 Å². The zero-order valence-corrected chi connectivity index (χ0v) is 17.1. The first kappa shape index (κ1) is 22.2. The highest BCUT2D eigenvalue weighted by Crippen LogP contribution is 2.20. The first-order valence-electron chi connectivity index (χ1n) is 10.1. The van der Waals surface area contributed by atoms with E-state index in [2.05, 4.69) is 5.32 Å². The summed E-state index contributed by atoms with van der Waals surface area (Å²) in [5.74, 6) is -1.13. The Balaban J connectivity index is 1.69. The van der Waals surface area contributed by atoms with Gasteiger partial charge in [0.1, 0.15) is 12.0 Å². The minimum atomic E-state index is -1.06. The first-order chi connectivity index (χ1) is 15.0. The molecule has 1 amide bonds. The number of aryl methyl sites for hydroxylation is 1. The van der Waals surface area contributed by atoms with Crippen molar-refractivity contribution in [2.45, 2.75) is 25.4 Å². The second-order valence-electron chi connectivity index (χ2n) is 7.29. The largest absolute Gasteiger partial charge is 0.398 e. The van der Waals surface area contributed by atoms with E-state index in [0.717, 1.165) is 12.8 Å². The molecule has 0 radical (unpaired) electrons. The van der Waals surface area contributed by atoms with Crippen LogP contribution in [0.3, 0.4) is 0 Å². The molecule has 2 aromatic rings. The van der Waals surface area contributed by atoms with Crippen LogP contribution in [0.1, 0.15) is 34.3 Å². The summed E-state index contributed by atoms with van der Waals surface area (Å²) >= 11 is 0. The summed E-state index contributed by atoms with van der Waals surface area (Å²) < 4.78 is 27.8. The molecule has 4 nitrogen and oxygen atoms in total. The third-order valence-electron chi connectivity index (χ3n) is 4.98. The molecule has 1 aliphatic carbocycles. The first-order valence-corrected chi connectivity index (χ1v) is 10.1. The van der Waals surface area contributed by atoms with Gasteiger partial charge in [-0.3, -0.25) is 4.79 Å². The topological polar surface area (TPSA) is 79.0 Å². The summed E-state index contributed by atoms with van der Waals surface area (Å²) in [7, 11) is 0. The minimum absolute atomic E-state index is 0.0748. The number of benzene rings is 2. The summed E-state index contributed by atoms with van der Waals surface area (Å²) in [5.41, 5.74) is 7.72. The SMILES string of the molecule is N=C(/C=C(\N)C1=CCC(F)C=C1)c1c(F)cccc1C(=O)NCCCc1ccccc1. The van der Waals surface area contributed by atoms with Crippen LogP contribution in [0.25, 0.3) is 0 Å². The number of rotatable bonds is 8. The molecule has 31 heavy (non-hydrogen) atoms. The van der Waals surface area contributed by atoms with E-state index in [-0.39, 0.29) is 29.0 Å². The van der Waals surface area contributed by atoms with Crippen LogP contribution < -0.4 is 11.1 Å². The van der Waals surface area contributed by atoms with E-state index in [9.17, 15) is 13.6 Å². The fourth-order valence-electron chi connectivity index (χ4n) is 3.34. The van der Waals surface area contributed by atoms with Crippen molar-refractivity contribution in [2.24, 2.45) is 5.73 Å². The van der Waals surface area contributed by atoms with Crippen molar-refractivity contribution in [1.82, 2.24) is 5.32 Å².